The summed E-state index contributed by atoms with van der Waals surface area (Å²) < 4.78 is 6.23. The molecule has 104 valence electrons. The first-order valence-electron chi connectivity index (χ1n) is 5.74. The lowest BCUT2D eigenvalue weighted by molar-refractivity contribution is 0.187. The van der Waals surface area contributed by atoms with Gasteiger partial charge in [0.2, 0.25) is 5.95 Å². The number of ether oxygens (including phenoxy) is 1. The molecule has 2 aromatic rings. The molecule has 2 heterocycles. The average molecular weight is 269 g/mol. The fourth-order valence-electron chi connectivity index (χ4n) is 1.69. The number of imidazole rings is 1. The van der Waals surface area contributed by atoms with Crippen molar-refractivity contribution in [1.82, 2.24) is 19.5 Å². The quantitative estimate of drug-likeness (QED) is 0.504. The van der Waals surface area contributed by atoms with Gasteiger partial charge in [0, 0.05) is 13.7 Å². The first-order valence-corrected chi connectivity index (χ1v) is 5.74. The maximum Gasteiger partial charge on any atom is 0.330 e. The monoisotopic (exact) mass is 269 g/mol. The number of fused-ring (bicyclic) bond motifs is 1. The maximum absolute atomic E-state index is 11.7. The highest BCUT2D eigenvalue weighted by molar-refractivity contribution is 5.72. The van der Waals surface area contributed by atoms with Gasteiger partial charge in [0.15, 0.2) is 11.2 Å². The van der Waals surface area contributed by atoms with E-state index in [0.717, 1.165) is 0 Å². The van der Waals surface area contributed by atoms with Crippen molar-refractivity contribution < 1.29 is 9.84 Å². The summed E-state index contributed by atoms with van der Waals surface area (Å²) in [4.78, 5) is 32.5. The van der Waals surface area contributed by atoms with Crippen molar-refractivity contribution in [2.75, 3.05) is 32.2 Å². The summed E-state index contributed by atoms with van der Waals surface area (Å²) in [6.07, 6.45) is 0. The van der Waals surface area contributed by atoms with Gasteiger partial charge in [-0.05, 0) is 0 Å². The number of nitrogens with zero attached hydrogens (tertiary/aromatic N) is 2. The standard InChI is InChI=1S/C10H15N5O4/c1-19-5-3-15-7-6(8(17)14-10(15)18)12-9(13-7)11-2-4-16/h16H,2-5H2,1H3,(H2,11,12,13)(H,14,17,18). The average Bonchev–Trinajstić information content (AvgIpc) is 2.80. The number of H-pyrrole nitrogens is 2. The second-order valence-electron chi connectivity index (χ2n) is 3.84. The summed E-state index contributed by atoms with van der Waals surface area (Å²) in [5, 5.41) is 11.5. The van der Waals surface area contributed by atoms with Crippen molar-refractivity contribution in [3.63, 3.8) is 0 Å². The zero-order chi connectivity index (χ0) is 13.8. The van der Waals surface area contributed by atoms with Gasteiger partial charge in [0.05, 0.1) is 19.8 Å². The third kappa shape index (κ3) is 2.66. The summed E-state index contributed by atoms with van der Waals surface area (Å²) >= 11 is 0. The van der Waals surface area contributed by atoms with Crippen molar-refractivity contribution in [2.45, 2.75) is 6.54 Å². The minimum absolute atomic E-state index is 0.0656. The fourth-order valence-corrected chi connectivity index (χ4v) is 1.69. The molecule has 19 heavy (non-hydrogen) atoms. The van der Waals surface area contributed by atoms with Crippen molar-refractivity contribution in [3.05, 3.63) is 20.8 Å². The lowest BCUT2D eigenvalue weighted by Crippen LogP contribution is -2.31. The first kappa shape index (κ1) is 13.3. The number of anilines is 1. The Kier molecular flexibility index (Phi) is 3.97. The fraction of sp³-hybridized carbons (Fsp3) is 0.500. The number of aromatic nitrogens is 4. The van der Waals surface area contributed by atoms with Crippen LogP contribution < -0.4 is 16.6 Å². The highest BCUT2D eigenvalue weighted by Crippen LogP contribution is 2.08. The first-order chi connectivity index (χ1) is 9.17. The molecule has 9 nitrogen and oxygen atoms in total. The molecule has 0 bridgehead atoms. The van der Waals surface area contributed by atoms with E-state index >= 15 is 0 Å². The van der Waals surface area contributed by atoms with Crippen molar-refractivity contribution in [2.24, 2.45) is 0 Å². The van der Waals surface area contributed by atoms with Crippen LogP contribution in [-0.4, -0.2) is 51.5 Å². The second-order valence-corrected chi connectivity index (χ2v) is 3.84. The Bertz CT molecular complexity index is 671. The Morgan fingerprint density at radius 1 is 1.42 bits per heavy atom. The number of methoxy groups -OCH3 is 1. The Morgan fingerprint density at radius 2 is 2.21 bits per heavy atom. The largest absolute Gasteiger partial charge is 0.395 e. The van der Waals surface area contributed by atoms with Crippen LogP contribution in [0.3, 0.4) is 0 Å². The van der Waals surface area contributed by atoms with Crippen LogP contribution in [0.2, 0.25) is 0 Å². The van der Waals surface area contributed by atoms with E-state index < -0.39 is 11.2 Å². The molecule has 0 radical (unpaired) electrons. The molecule has 4 N–H and O–H groups in total. The van der Waals surface area contributed by atoms with E-state index in [4.69, 9.17) is 9.84 Å². The van der Waals surface area contributed by atoms with Crippen LogP contribution in [0.15, 0.2) is 9.59 Å². The lowest BCUT2D eigenvalue weighted by Gasteiger charge is -2.04. The van der Waals surface area contributed by atoms with Crippen LogP contribution in [0.25, 0.3) is 11.2 Å². The highest BCUT2D eigenvalue weighted by atomic mass is 16.5. The molecule has 2 aromatic heterocycles. The van der Waals surface area contributed by atoms with Gasteiger partial charge in [0.1, 0.15) is 0 Å². The molecule has 0 amide bonds. The molecule has 0 aliphatic rings. The van der Waals surface area contributed by atoms with E-state index in [-0.39, 0.29) is 24.3 Å². The SMILES string of the molecule is COCCn1c(=O)[nH]c(=O)c2[nH]c(NCCO)nc21. The van der Waals surface area contributed by atoms with Crippen LogP contribution in [0.1, 0.15) is 0 Å². The third-order valence-electron chi connectivity index (χ3n) is 2.56. The molecule has 0 aromatic carbocycles. The molecule has 2 rings (SSSR count). The number of aromatic amines is 2. The Morgan fingerprint density at radius 3 is 2.89 bits per heavy atom. The van der Waals surface area contributed by atoms with Crippen LogP contribution in [0.4, 0.5) is 5.95 Å². The number of nitrogens with one attached hydrogen (secondary N) is 3. The van der Waals surface area contributed by atoms with Gasteiger partial charge in [-0.25, -0.2) is 4.79 Å². The topological polar surface area (TPSA) is 125 Å². The third-order valence-corrected chi connectivity index (χ3v) is 2.56. The minimum Gasteiger partial charge on any atom is -0.395 e. The van der Waals surface area contributed by atoms with E-state index in [0.29, 0.717) is 19.1 Å². The molecule has 0 atom stereocenters. The minimum atomic E-state index is -0.533. The van der Waals surface area contributed by atoms with Gasteiger partial charge in [-0.3, -0.25) is 14.3 Å². The molecule has 0 spiro atoms. The van der Waals surface area contributed by atoms with Gasteiger partial charge in [0.25, 0.3) is 5.56 Å². The molecular formula is C10H15N5O4. The van der Waals surface area contributed by atoms with Crippen molar-refractivity contribution in [3.8, 4) is 0 Å². The molecule has 0 unspecified atom stereocenters. The summed E-state index contributed by atoms with van der Waals surface area (Å²) in [5.74, 6) is 0.325. The lowest BCUT2D eigenvalue weighted by atomic mass is 10.5. The molecule has 9 heteroatoms. The summed E-state index contributed by atoms with van der Waals surface area (Å²) in [5.41, 5.74) is -0.602. The van der Waals surface area contributed by atoms with Gasteiger partial charge < -0.3 is 20.1 Å². The molecule has 0 saturated heterocycles. The normalized spacial score (nSPS) is 11.1. The highest BCUT2D eigenvalue weighted by Gasteiger charge is 2.12. The Balaban J connectivity index is 2.51. The van der Waals surface area contributed by atoms with Crippen LogP contribution in [0.5, 0.6) is 0 Å². The number of aliphatic hydroxyl groups is 1. The van der Waals surface area contributed by atoms with E-state index in [1.165, 1.54) is 11.7 Å². The number of aliphatic hydroxyl groups excluding tert-OH is 1. The Hall–Kier alpha value is -2.13. The maximum atomic E-state index is 11.7. The van der Waals surface area contributed by atoms with Gasteiger partial charge in [-0.2, -0.15) is 4.98 Å². The smallest absolute Gasteiger partial charge is 0.330 e. The van der Waals surface area contributed by atoms with E-state index in [1.54, 1.807) is 0 Å². The number of hydrogen-bond donors (Lipinski definition) is 4. The predicted molar refractivity (Wildman–Crippen MR) is 68.4 cm³/mol. The van der Waals surface area contributed by atoms with E-state index in [9.17, 15) is 9.59 Å². The second kappa shape index (κ2) is 5.67. The summed E-state index contributed by atoms with van der Waals surface area (Å²) in [7, 11) is 1.52. The molecule has 0 saturated carbocycles. The van der Waals surface area contributed by atoms with Crippen molar-refractivity contribution in [1.29, 1.82) is 0 Å². The Labute approximate surface area is 107 Å². The van der Waals surface area contributed by atoms with E-state index in [1.807, 2.05) is 0 Å². The molecule has 0 aliphatic carbocycles. The summed E-state index contributed by atoms with van der Waals surface area (Å²) in [6.45, 7) is 0.837. The zero-order valence-electron chi connectivity index (χ0n) is 10.4. The van der Waals surface area contributed by atoms with Gasteiger partial charge in [-0.15, -0.1) is 0 Å². The van der Waals surface area contributed by atoms with E-state index in [2.05, 4.69) is 20.3 Å². The van der Waals surface area contributed by atoms with Crippen LogP contribution in [0, 0.1) is 0 Å². The van der Waals surface area contributed by atoms with Gasteiger partial charge in [-0.1, -0.05) is 0 Å². The zero-order valence-corrected chi connectivity index (χ0v) is 10.4. The molecular weight excluding hydrogens is 254 g/mol. The number of rotatable bonds is 6. The van der Waals surface area contributed by atoms with Crippen molar-refractivity contribution >= 4 is 17.1 Å². The predicted octanol–water partition coefficient (Wildman–Crippen LogP) is -1.54. The van der Waals surface area contributed by atoms with Gasteiger partial charge >= 0.3 is 5.69 Å². The number of hydrogen-bond acceptors (Lipinski definition) is 6. The van der Waals surface area contributed by atoms with Crippen LogP contribution >= 0.6 is 0 Å². The molecule has 0 fully saturated rings. The molecule has 0 aliphatic heterocycles. The van der Waals surface area contributed by atoms with Crippen LogP contribution in [-0.2, 0) is 11.3 Å². The summed E-state index contributed by atoms with van der Waals surface area (Å²) in [6, 6.07) is 0.